The Morgan fingerprint density at radius 2 is 2.00 bits per heavy atom. The lowest BCUT2D eigenvalue weighted by Crippen LogP contribution is -2.29. The average Bonchev–Trinajstić information content (AvgIpc) is 2.61. The number of ether oxygens (including phenoxy) is 1. The van der Waals surface area contributed by atoms with Crippen LogP contribution in [0.3, 0.4) is 0 Å². The van der Waals surface area contributed by atoms with Crippen molar-refractivity contribution in [2.45, 2.75) is 45.3 Å². The van der Waals surface area contributed by atoms with E-state index in [4.69, 9.17) is 9.84 Å². The summed E-state index contributed by atoms with van der Waals surface area (Å²) in [6.45, 7) is 4.38. The summed E-state index contributed by atoms with van der Waals surface area (Å²) in [7, 11) is 0. The van der Waals surface area contributed by atoms with Gasteiger partial charge in [0.05, 0.1) is 12.2 Å². The molecule has 2 aromatic rings. The van der Waals surface area contributed by atoms with Crippen LogP contribution in [0, 0.1) is 13.8 Å². The zero-order valence-corrected chi connectivity index (χ0v) is 14.5. The minimum Gasteiger partial charge on any atom is -0.476 e. The number of anilines is 1. The Morgan fingerprint density at radius 1 is 1.24 bits per heavy atom. The first kappa shape index (κ1) is 17.4. The van der Waals surface area contributed by atoms with Crippen molar-refractivity contribution in [3.63, 3.8) is 0 Å². The molecule has 1 fully saturated rings. The fraction of sp³-hybridized carbons (Fsp3) is 0.421. The molecule has 1 aromatic heterocycles. The van der Waals surface area contributed by atoms with E-state index < -0.39 is 5.97 Å². The lowest BCUT2D eigenvalue weighted by atomic mass is 9.97. The number of nitrogens with one attached hydrogen (secondary N) is 1. The molecule has 3 rings (SSSR count). The SMILES string of the molecule is Cc1ccc([C@@H]2CCC[C@H](CNc3ncnc(C(=O)O)c3C)O2)cc1. The molecule has 1 saturated heterocycles. The van der Waals surface area contributed by atoms with E-state index in [0.29, 0.717) is 17.9 Å². The third kappa shape index (κ3) is 4.14. The third-order valence-electron chi connectivity index (χ3n) is 4.58. The Labute approximate surface area is 147 Å². The number of aromatic nitrogens is 2. The van der Waals surface area contributed by atoms with Gasteiger partial charge in [-0.2, -0.15) is 0 Å². The van der Waals surface area contributed by atoms with Crippen LogP contribution in [0.1, 0.15) is 52.5 Å². The molecular formula is C19H23N3O3. The average molecular weight is 341 g/mol. The van der Waals surface area contributed by atoms with E-state index in [1.807, 2.05) is 0 Å². The molecule has 132 valence electrons. The van der Waals surface area contributed by atoms with Gasteiger partial charge in [-0.25, -0.2) is 14.8 Å². The first-order valence-electron chi connectivity index (χ1n) is 8.55. The summed E-state index contributed by atoms with van der Waals surface area (Å²) in [6.07, 6.45) is 4.56. The van der Waals surface area contributed by atoms with Crippen molar-refractivity contribution in [1.82, 2.24) is 9.97 Å². The van der Waals surface area contributed by atoms with Crippen LogP contribution >= 0.6 is 0 Å². The van der Waals surface area contributed by atoms with Gasteiger partial charge in [-0.1, -0.05) is 29.8 Å². The number of rotatable bonds is 5. The van der Waals surface area contributed by atoms with E-state index in [9.17, 15) is 4.79 Å². The minimum atomic E-state index is -1.05. The number of hydrogen-bond acceptors (Lipinski definition) is 5. The lowest BCUT2D eigenvalue weighted by molar-refractivity contribution is -0.0442. The van der Waals surface area contributed by atoms with Crippen molar-refractivity contribution in [2.24, 2.45) is 0 Å². The molecule has 2 heterocycles. The Hall–Kier alpha value is -2.47. The number of nitrogens with zero attached hydrogens (tertiary/aromatic N) is 2. The molecule has 6 heteroatoms. The van der Waals surface area contributed by atoms with Gasteiger partial charge >= 0.3 is 5.97 Å². The lowest BCUT2D eigenvalue weighted by Gasteiger charge is -2.31. The molecule has 2 N–H and O–H groups in total. The zero-order chi connectivity index (χ0) is 17.8. The van der Waals surface area contributed by atoms with Crippen molar-refractivity contribution in [2.75, 3.05) is 11.9 Å². The Bertz CT molecular complexity index is 746. The molecule has 0 saturated carbocycles. The van der Waals surface area contributed by atoms with Crippen LogP contribution in [-0.4, -0.2) is 33.7 Å². The standard InChI is InChI=1S/C19H23N3O3/c1-12-6-8-14(9-7-12)16-5-3-4-15(25-16)10-20-18-13(2)17(19(23)24)21-11-22-18/h6-9,11,15-16H,3-5,10H2,1-2H3,(H,23,24)(H,20,21,22)/t15-,16+/m1/s1. The third-order valence-corrected chi connectivity index (χ3v) is 4.58. The van der Waals surface area contributed by atoms with Crippen LogP contribution in [0.15, 0.2) is 30.6 Å². The number of aromatic carboxylic acids is 1. The number of carboxylic acid groups (broad SMARTS) is 1. The molecule has 0 amide bonds. The van der Waals surface area contributed by atoms with Gasteiger partial charge in [-0.15, -0.1) is 0 Å². The highest BCUT2D eigenvalue weighted by atomic mass is 16.5. The Morgan fingerprint density at radius 3 is 2.72 bits per heavy atom. The first-order chi connectivity index (χ1) is 12.0. The van der Waals surface area contributed by atoms with Crippen LogP contribution < -0.4 is 5.32 Å². The smallest absolute Gasteiger partial charge is 0.354 e. The number of hydrogen-bond donors (Lipinski definition) is 2. The molecule has 0 radical (unpaired) electrons. The molecule has 1 aliphatic rings. The summed E-state index contributed by atoms with van der Waals surface area (Å²) in [5.74, 6) is -0.496. The van der Waals surface area contributed by atoms with E-state index in [1.54, 1.807) is 6.92 Å². The second-order valence-corrected chi connectivity index (χ2v) is 6.47. The molecule has 25 heavy (non-hydrogen) atoms. The molecule has 1 aliphatic heterocycles. The van der Waals surface area contributed by atoms with Crippen molar-refractivity contribution in [1.29, 1.82) is 0 Å². The van der Waals surface area contributed by atoms with Gasteiger partial charge in [0.15, 0.2) is 5.69 Å². The van der Waals surface area contributed by atoms with E-state index in [1.165, 1.54) is 17.5 Å². The van der Waals surface area contributed by atoms with Crippen LogP contribution in [0.4, 0.5) is 5.82 Å². The second kappa shape index (κ2) is 7.61. The van der Waals surface area contributed by atoms with Gasteiger partial charge in [0.2, 0.25) is 0 Å². The van der Waals surface area contributed by atoms with Crippen molar-refractivity contribution >= 4 is 11.8 Å². The normalized spacial score (nSPS) is 20.2. The number of carboxylic acids is 1. The number of aryl methyl sites for hydroxylation is 1. The van der Waals surface area contributed by atoms with Crippen LogP contribution in [0.25, 0.3) is 0 Å². The maximum Gasteiger partial charge on any atom is 0.354 e. The Balaban J connectivity index is 1.63. The van der Waals surface area contributed by atoms with Crippen LogP contribution in [-0.2, 0) is 4.74 Å². The van der Waals surface area contributed by atoms with Crippen molar-refractivity contribution in [3.05, 3.63) is 53.0 Å². The highest BCUT2D eigenvalue weighted by Crippen LogP contribution is 2.31. The fourth-order valence-electron chi connectivity index (χ4n) is 3.13. The van der Waals surface area contributed by atoms with Crippen LogP contribution in [0.2, 0.25) is 0 Å². The van der Waals surface area contributed by atoms with E-state index in [0.717, 1.165) is 19.3 Å². The van der Waals surface area contributed by atoms with Gasteiger partial charge in [0.1, 0.15) is 12.1 Å². The molecule has 1 aromatic carbocycles. The van der Waals surface area contributed by atoms with E-state index in [-0.39, 0.29) is 17.9 Å². The maximum atomic E-state index is 11.2. The van der Waals surface area contributed by atoms with Crippen molar-refractivity contribution < 1.29 is 14.6 Å². The topological polar surface area (TPSA) is 84.3 Å². The summed E-state index contributed by atoms with van der Waals surface area (Å²) in [5.41, 5.74) is 3.02. The minimum absolute atomic E-state index is 0.0274. The Kier molecular flexibility index (Phi) is 5.28. The molecule has 2 atom stereocenters. The predicted octanol–water partition coefficient (Wildman–Crippen LogP) is 3.51. The highest BCUT2D eigenvalue weighted by molar-refractivity contribution is 5.88. The highest BCUT2D eigenvalue weighted by Gasteiger charge is 2.24. The van der Waals surface area contributed by atoms with Gasteiger partial charge in [0.25, 0.3) is 0 Å². The monoisotopic (exact) mass is 341 g/mol. The maximum absolute atomic E-state index is 11.2. The van der Waals surface area contributed by atoms with Gasteiger partial charge < -0.3 is 15.2 Å². The number of carbonyl (C=O) groups is 1. The molecular weight excluding hydrogens is 318 g/mol. The molecule has 0 bridgehead atoms. The van der Waals surface area contributed by atoms with Crippen molar-refractivity contribution in [3.8, 4) is 0 Å². The van der Waals surface area contributed by atoms with Crippen LogP contribution in [0.5, 0.6) is 0 Å². The van der Waals surface area contributed by atoms with E-state index in [2.05, 4.69) is 46.5 Å². The number of benzene rings is 1. The second-order valence-electron chi connectivity index (χ2n) is 6.47. The zero-order valence-electron chi connectivity index (χ0n) is 14.5. The summed E-state index contributed by atoms with van der Waals surface area (Å²) >= 11 is 0. The van der Waals surface area contributed by atoms with Gasteiger partial charge in [-0.05, 0) is 38.7 Å². The first-order valence-corrected chi connectivity index (χ1v) is 8.55. The summed E-state index contributed by atoms with van der Waals surface area (Å²) in [5, 5.41) is 12.4. The molecule has 0 spiro atoms. The predicted molar refractivity (Wildman–Crippen MR) is 94.9 cm³/mol. The quantitative estimate of drug-likeness (QED) is 0.866. The van der Waals surface area contributed by atoms with E-state index >= 15 is 0 Å². The largest absolute Gasteiger partial charge is 0.476 e. The van der Waals surface area contributed by atoms with Gasteiger partial charge in [-0.3, -0.25) is 0 Å². The molecule has 6 nitrogen and oxygen atoms in total. The summed E-state index contributed by atoms with van der Waals surface area (Å²) in [4.78, 5) is 19.1. The molecule has 0 aliphatic carbocycles. The summed E-state index contributed by atoms with van der Waals surface area (Å²) in [6, 6.07) is 8.48. The van der Waals surface area contributed by atoms with Gasteiger partial charge in [0, 0.05) is 12.1 Å². The molecule has 0 unspecified atom stereocenters. The summed E-state index contributed by atoms with van der Waals surface area (Å²) < 4.78 is 6.23. The fourth-order valence-corrected chi connectivity index (χ4v) is 3.13.